The quantitative estimate of drug-likeness (QED) is 0.295. The highest BCUT2D eigenvalue weighted by Crippen LogP contribution is 2.30. The first-order valence-electron chi connectivity index (χ1n) is 10.7. The highest BCUT2D eigenvalue weighted by atomic mass is 35.5. The lowest BCUT2D eigenvalue weighted by Gasteiger charge is -2.12. The van der Waals surface area contributed by atoms with Crippen LogP contribution in [-0.2, 0) is 5.75 Å². The monoisotopic (exact) mass is 483 g/mol. The highest BCUT2D eigenvalue weighted by Gasteiger charge is 2.18. The number of thioether (sulfide) groups is 1. The molecule has 3 aromatic carbocycles. The molecule has 0 aliphatic heterocycles. The molecule has 6 aromatic rings. The van der Waals surface area contributed by atoms with Crippen LogP contribution in [0.2, 0.25) is 5.02 Å². The molecule has 0 unspecified atom stereocenters. The summed E-state index contributed by atoms with van der Waals surface area (Å²) in [5.74, 6) is 1.11. The smallest absolute Gasteiger partial charge is 0.267 e. The van der Waals surface area contributed by atoms with Crippen molar-refractivity contribution in [3.8, 4) is 5.69 Å². The van der Waals surface area contributed by atoms with E-state index < -0.39 is 0 Å². The summed E-state index contributed by atoms with van der Waals surface area (Å²) in [6.07, 6.45) is 1.77. The maximum atomic E-state index is 13.5. The molecule has 0 fully saturated rings. The van der Waals surface area contributed by atoms with E-state index in [0.717, 1.165) is 33.2 Å². The second-order valence-corrected chi connectivity index (χ2v) is 9.36. The van der Waals surface area contributed by atoms with Crippen molar-refractivity contribution in [3.63, 3.8) is 0 Å². The Labute approximate surface area is 203 Å². The number of fused-ring (bicyclic) bond motifs is 4. The van der Waals surface area contributed by atoms with Crippen molar-refractivity contribution >= 4 is 50.9 Å². The van der Waals surface area contributed by atoms with E-state index in [1.54, 1.807) is 22.5 Å². The van der Waals surface area contributed by atoms with Crippen LogP contribution in [0.5, 0.6) is 0 Å². The number of hydrogen-bond donors (Lipinski definition) is 0. The molecule has 166 valence electrons. The van der Waals surface area contributed by atoms with Gasteiger partial charge in [0.25, 0.3) is 5.56 Å². The number of rotatable bonds is 4. The van der Waals surface area contributed by atoms with Crippen LogP contribution in [0, 0.1) is 6.92 Å². The predicted octanol–water partition coefficient (Wildman–Crippen LogP) is 5.84. The third-order valence-corrected chi connectivity index (χ3v) is 7.12. The molecule has 0 bridgehead atoms. The van der Waals surface area contributed by atoms with Gasteiger partial charge in [0.1, 0.15) is 0 Å². The van der Waals surface area contributed by atoms with Gasteiger partial charge in [0.05, 0.1) is 22.1 Å². The molecule has 0 spiro atoms. The molecule has 8 heteroatoms. The van der Waals surface area contributed by atoms with Gasteiger partial charge in [-0.05, 0) is 60.5 Å². The summed E-state index contributed by atoms with van der Waals surface area (Å²) in [4.78, 5) is 18.0. The Hall–Kier alpha value is -3.68. The van der Waals surface area contributed by atoms with Crippen LogP contribution in [-0.4, -0.2) is 24.1 Å². The van der Waals surface area contributed by atoms with E-state index in [-0.39, 0.29) is 5.56 Å². The summed E-state index contributed by atoms with van der Waals surface area (Å²) in [6, 6.07) is 23.1. The molecule has 0 saturated carbocycles. The van der Waals surface area contributed by atoms with E-state index in [9.17, 15) is 4.79 Å². The SMILES string of the molecule is Cc1cccc(-n2c(=O)c3ccccc3n3c(SCc4ccc(Cl)c5cccnc45)nnc23)c1. The Kier molecular flexibility index (Phi) is 5.08. The summed E-state index contributed by atoms with van der Waals surface area (Å²) >= 11 is 7.92. The molecule has 0 amide bonds. The number of halogens is 1. The van der Waals surface area contributed by atoms with Crippen LogP contribution in [0.1, 0.15) is 11.1 Å². The highest BCUT2D eigenvalue weighted by molar-refractivity contribution is 7.98. The fraction of sp³-hybridized carbons (Fsp3) is 0.0769. The van der Waals surface area contributed by atoms with Crippen molar-refractivity contribution in [2.24, 2.45) is 0 Å². The zero-order valence-corrected chi connectivity index (χ0v) is 19.7. The molecule has 0 radical (unpaired) electrons. The molecule has 34 heavy (non-hydrogen) atoms. The summed E-state index contributed by atoms with van der Waals surface area (Å²) < 4.78 is 3.58. The van der Waals surface area contributed by atoms with Crippen LogP contribution in [0.15, 0.2) is 88.9 Å². The maximum absolute atomic E-state index is 13.5. The van der Waals surface area contributed by atoms with Crippen LogP contribution in [0.4, 0.5) is 0 Å². The number of benzene rings is 3. The van der Waals surface area contributed by atoms with Crippen LogP contribution in [0.25, 0.3) is 33.3 Å². The molecule has 3 aromatic heterocycles. The van der Waals surface area contributed by atoms with Gasteiger partial charge in [-0.1, -0.05) is 53.7 Å². The Balaban J connectivity index is 1.53. The van der Waals surface area contributed by atoms with Crippen LogP contribution >= 0.6 is 23.4 Å². The molecular weight excluding hydrogens is 466 g/mol. The Morgan fingerprint density at radius 3 is 2.68 bits per heavy atom. The minimum absolute atomic E-state index is 0.120. The molecule has 0 aliphatic carbocycles. The van der Waals surface area contributed by atoms with Crippen LogP contribution in [0.3, 0.4) is 0 Å². The molecule has 0 N–H and O–H groups in total. The maximum Gasteiger partial charge on any atom is 0.267 e. The summed E-state index contributed by atoms with van der Waals surface area (Å²) in [7, 11) is 0. The summed E-state index contributed by atoms with van der Waals surface area (Å²) in [6.45, 7) is 2.00. The lowest BCUT2D eigenvalue weighted by molar-refractivity contribution is 0.930. The molecule has 0 aliphatic rings. The van der Waals surface area contributed by atoms with Crippen molar-refractivity contribution in [1.29, 1.82) is 0 Å². The van der Waals surface area contributed by atoms with E-state index in [4.69, 9.17) is 11.6 Å². The Morgan fingerprint density at radius 1 is 0.941 bits per heavy atom. The first-order valence-corrected chi connectivity index (χ1v) is 12.1. The van der Waals surface area contributed by atoms with Crippen molar-refractivity contribution in [3.05, 3.63) is 105 Å². The van der Waals surface area contributed by atoms with Gasteiger partial charge in [0.15, 0.2) is 5.16 Å². The number of pyridine rings is 1. The lowest BCUT2D eigenvalue weighted by atomic mass is 10.1. The lowest BCUT2D eigenvalue weighted by Crippen LogP contribution is -2.21. The molecular formula is C26H18ClN5OS. The average molecular weight is 484 g/mol. The van der Waals surface area contributed by atoms with Gasteiger partial charge in [0.2, 0.25) is 5.78 Å². The second kappa shape index (κ2) is 8.27. The van der Waals surface area contributed by atoms with E-state index >= 15 is 0 Å². The molecule has 6 rings (SSSR count). The molecule has 0 saturated heterocycles. The van der Waals surface area contributed by atoms with Gasteiger partial charge in [-0.15, -0.1) is 10.2 Å². The topological polar surface area (TPSA) is 65.1 Å². The fourth-order valence-corrected chi connectivity index (χ4v) is 5.37. The van der Waals surface area contributed by atoms with E-state index in [1.807, 2.05) is 84.1 Å². The van der Waals surface area contributed by atoms with E-state index in [1.165, 1.54) is 0 Å². The average Bonchev–Trinajstić information content (AvgIpc) is 3.28. The van der Waals surface area contributed by atoms with Gasteiger partial charge in [-0.3, -0.25) is 14.2 Å². The number of nitrogens with zero attached hydrogens (tertiary/aromatic N) is 5. The van der Waals surface area contributed by atoms with Gasteiger partial charge in [-0.2, -0.15) is 0 Å². The van der Waals surface area contributed by atoms with Gasteiger partial charge >= 0.3 is 0 Å². The summed E-state index contributed by atoms with van der Waals surface area (Å²) in [5.41, 5.74) is 4.41. The van der Waals surface area contributed by atoms with Crippen molar-refractivity contribution in [2.75, 3.05) is 0 Å². The number of para-hydroxylation sites is 1. The van der Waals surface area contributed by atoms with Crippen molar-refractivity contribution in [1.82, 2.24) is 24.1 Å². The number of aromatic nitrogens is 5. The molecule has 0 atom stereocenters. The van der Waals surface area contributed by atoms with Crippen molar-refractivity contribution in [2.45, 2.75) is 17.8 Å². The number of hydrogen-bond acceptors (Lipinski definition) is 5. The van der Waals surface area contributed by atoms with E-state index in [2.05, 4.69) is 15.2 Å². The van der Waals surface area contributed by atoms with Crippen LogP contribution < -0.4 is 5.56 Å². The minimum atomic E-state index is -0.120. The zero-order chi connectivity index (χ0) is 23.2. The van der Waals surface area contributed by atoms with Crippen molar-refractivity contribution < 1.29 is 0 Å². The summed E-state index contributed by atoms with van der Waals surface area (Å²) in [5, 5.41) is 11.8. The minimum Gasteiger partial charge on any atom is -0.268 e. The fourth-order valence-electron chi connectivity index (χ4n) is 4.23. The first-order chi connectivity index (χ1) is 16.6. The second-order valence-electron chi connectivity index (χ2n) is 8.01. The third-order valence-electron chi connectivity index (χ3n) is 5.81. The molecule has 3 heterocycles. The van der Waals surface area contributed by atoms with Gasteiger partial charge < -0.3 is 0 Å². The largest absolute Gasteiger partial charge is 0.268 e. The zero-order valence-electron chi connectivity index (χ0n) is 18.1. The third kappa shape index (κ3) is 3.36. The standard InChI is InChI=1S/C26H18ClN5OS/c1-16-6-4-7-18(14-16)31-24(33)20-8-2-3-10-22(20)32-25(31)29-30-26(32)34-15-17-11-12-21(27)19-9-5-13-28-23(17)19/h2-14H,15H2,1H3. The molecule has 6 nitrogen and oxygen atoms in total. The van der Waals surface area contributed by atoms with Gasteiger partial charge in [0, 0.05) is 22.4 Å². The van der Waals surface area contributed by atoms with E-state index in [0.29, 0.717) is 27.1 Å². The number of aryl methyl sites for hydroxylation is 1. The first kappa shape index (κ1) is 20.9. The Bertz CT molecular complexity index is 1780. The Morgan fingerprint density at radius 2 is 1.79 bits per heavy atom. The normalized spacial score (nSPS) is 11.6. The van der Waals surface area contributed by atoms with Gasteiger partial charge in [-0.25, -0.2) is 4.57 Å². The predicted molar refractivity (Wildman–Crippen MR) is 137 cm³/mol.